The fraction of sp³-hybridized carbons (Fsp3) is 0.429. The number of methoxy groups -OCH3 is 1. The number of rotatable bonds is 4. The van der Waals surface area contributed by atoms with Gasteiger partial charge in [-0.15, -0.1) is 0 Å². The zero-order valence-electron chi connectivity index (χ0n) is 11.5. The van der Waals surface area contributed by atoms with Crippen LogP contribution in [0.3, 0.4) is 0 Å². The Bertz CT molecular complexity index is 659. The zero-order chi connectivity index (χ0) is 14.8. The van der Waals surface area contributed by atoms with E-state index in [2.05, 4.69) is 16.6 Å². The molecule has 1 aliphatic rings. The van der Waals surface area contributed by atoms with Gasteiger partial charge >= 0.3 is 0 Å². The van der Waals surface area contributed by atoms with Crippen LogP contribution in [0.15, 0.2) is 23.1 Å². The Labute approximate surface area is 119 Å². The molecule has 20 heavy (non-hydrogen) atoms. The van der Waals surface area contributed by atoms with E-state index in [4.69, 9.17) is 10.5 Å². The molecule has 2 rings (SSSR count). The minimum Gasteiger partial charge on any atom is -0.495 e. The third-order valence-corrected chi connectivity index (χ3v) is 4.72. The largest absolute Gasteiger partial charge is 0.495 e. The maximum atomic E-state index is 12.4. The summed E-state index contributed by atoms with van der Waals surface area (Å²) >= 11 is 0. The maximum Gasteiger partial charge on any atom is 0.244 e. The van der Waals surface area contributed by atoms with E-state index in [0.29, 0.717) is 17.2 Å². The molecule has 3 N–H and O–H groups in total. The van der Waals surface area contributed by atoms with Crippen LogP contribution in [0.2, 0.25) is 0 Å². The predicted octanol–water partition coefficient (Wildman–Crippen LogP) is 0.692. The monoisotopic (exact) mass is 294 g/mol. The van der Waals surface area contributed by atoms with Crippen molar-refractivity contribution in [2.24, 2.45) is 11.7 Å². The van der Waals surface area contributed by atoms with Gasteiger partial charge in [-0.1, -0.05) is 18.8 Å². The van der Waals surface area contributed by atoms with Gasteiger partial charge in [0.25, 0.3) is 0 Å². The van der Waals surface area contributed by atoms with E-state index >= 15 is 0 Å². The lowest BCUT2D eigenvalue weighted by Crippen LogP contribution is -2.27. The lowest BCUT2D eigenvalue weighted by atomic mass is 10.2. The molecule has 1 fully saturated rings. The second kappa shape index (κ2) is 5.83. The highest BCUT2D eigenvalue weighted by Crippen LogP contribution is 2.32. The molecular formula is C14H18N2O3S. The highest BCUT2D eigenvalue weighted by atomic mass is 32.2. The lowest BCUT2D eigenvalue weighted by molar-refractivity contribution is 0.402. The van der Waals surface area contributed by atoms with E-state index in [1.807, 2.05) is 6.92 Å². The highest BCUT2D eigenvalue weighted by Gasteiger charge is 2.37. The van der Waals surface area contributed by atoms with E-state index < -0.39 is 10.0 Å². The number of ether oxygens (including phenoxy) is 1. The molecule has 1 aliphatic carbocycles. The Balaban J connectivity index is 2.36. The van der Waals surface area contributed by atoms with Gasteiger partial charge in [-0.05, 0) is 30.5 Å². The van der Waals surface area contributed by atoms with Crippen molar-refractivity contribution in [3.8, 4) is 17.6 Å². The third-order valence-electron chi connectivity index (χ3n) is 3.20. The number of hydrogen-bond acceptors (Lipinski definition) is 4. The molecular weight excluding hydrogens is 276 g/mol. The zero-order valence-corrected chi connectivity index (χ0v) is 12.3. The average Bonchev–Trinajstić information content (AvgIpc) is 3.10. The molecule has 2 unspecified atom stereocenters. The summed E-state index contributed by atoms with van der Waals surface area (Å²) in [4.78, 5) is 0.114. The van der Waals surface area contributed by atoms with Gasteiger partial charge in [-0.3, -0.25) is 0 Å². The Hall–Kier alpha value is -1.55. The van der Waals surface area contributed by atoms with Crippen LogP contribution in [0, 0.1) is 17.8 Å². The average molecular weight is 294 g/mol. The lowest BCUT2D eigenvalue weighted by Gasteiger charge is -2.11. The van der Waals surface area contributed by atoms with Crippen molar-refractivity contribution in [3.63, 3.8) is 0 Å². The fourth-order valence-electron chi connectivity index (χ4n) is 1.87. The molecule has 1 saturated carbocycles. The van der Waals surface area contributed by atoms with Crippen LogP contribution in [0.1, 0.15) is 18.9 Å². The van der Waals surface area contributed by atoms with Crippen molar-refractivity contribution in [1.82, 2.24) is 4.72 Å². The Kier molecular flexibility index (Phi) is 4.33. The van der Waals surface area contributed by atoms with Gasteiger partial charge in [0.1, 0.15) is 10.6 Å². The quantitative estimate of drug-likeness (QED) is 0.801. The summed E-state index contributed by atoms with van der Waals surface area (Å²) in [6.45, 7) is 2.24. The normalized spacial score (nSPS) is 20.9. The van der Waals surface area contributed by atoms with Crippen LogP contribution in [0.25, 0.3) is 0 Å². The number of nitrogens with one attached hydrogen (secondary N) is 1. The molecule has 0 bridgehead atoms. The molecule has 0 amide bonds. The minimum absolute atomic E-state index is 0.0171. The fourth-order valence-corrected chi connectivity index (χ4v) is 3.42. The number of benzene rings is 1. The highest BCUT2D eigenvalue weighted by molar-refractivity contribution is 7.89. The van der Waals surface area contributed by atoms with Crippen molar-refractivity contribution >= 4 is 10.0 Å². The second-order valence-corrected chi connectivity index (χ2v) is 6.49. The van der Waals surface area contributed by atoms with E-state index in [1.54, 1.807) is 12.1 Å². The van der Waals surface area contributed by atoms with E-state index in [-0.39, 0.29) is 17.5 Å². The first-order valence-corrected chi connectivity index (χ1v) is 7.85. The predicted molar refractivity (Wildman–Crippen MR) is 76.8 cm³/mol. The van der Waals surface area contributed by atoms with E-state index in [0.717, 1.165) is 6.42 Å². The summed E-state index contributed by atoms with van der Waals surface area (Å²) in [5, 5.41) is 0. The summed E-state index contributed by atoms with van der Waals surface area (Å²) in [7, 11) is -2.15. The molecule has 108 valence electrons. The topological polar surface area (TPSA) is 81.4 Å². The molecule has 0 radical (unpaired) electrons. The molecule has 0 aromatic heterocycles. The van der Waals surface area contributed by atoms with Crippen LogP contribution in [-0.4, -0.2) is 28.1 Å². The molecule has 0 aliphatic heterocycles. The standard InChI is InChI=1S/C14H18N2O3S/c1-10-8-12(10)16-20(17,18)14-9-11(4-3-7-15)5-6-13(14)19-2/h5-6,9-10,12,16H,7-8,15H2,1-2H3. The van der Waals surface area contributed by atoms with Crippen molar-refractivity contribution < 1.29 is 13.2 Å². The Morgan fingerprint density at radius 3 is 2.75 bits per heavy atom. The van der Waals surface area contributed by atoms with Crippen LogP contribution < -0.4 is 15.2 Å². The first-order valence-electron chi connectivity index (χ1n) is 6.37. The summed E-state index contributed by atoms with van der Waals surface area (Å²) in [5.41, 5.74) is 5.91. The maximum absolute atomic E-state index is 12.4. The number of nitrogens with two attached hydrogens (primary N) is 1. The van der Waals surface area contributed by atoms with Crippen molar-refractivity contribution in [1.29, 1.82) is 0 Å². The second-order valence-electron chi connectivity index (χ2n) is 4.81. The van der Waals surface area contributed by atoms with Crippen molar-refractivity contribution in [3.05, 3.63) is 23.8 Å². The molecule has 2 atom stereocenters. The first-order chi connectivity index (χ1) is 9.47. The van der Waals surface area contributed by atoms with Gasteiger partial charge in [0.05, 0.1) is 13.7 Å². The van der Waals surface area contributed by atoms with Gasteiger partial charge in [-0.25, -0.2) is 13.1 Å². The molecule has 1 aromatic carbocycles. The van der Waals surface area contributed by atoms with Gasteiger partial charge < -0.3 is 10.5 Å². The molecule has 5 nitrogen and oxygen atoms in total. The Morgan fingerprint density at radius 1 is 1.50 bits per heavy atom. The van der Waals surface area contributed by atoms with E-state index in [9.17, 15) is 8.42 Å². The van der Waals surface area contributed by atoms with Gasteiger partial charge in [0.2, 0.25) is 10.0 Å². The van der Waals surface area contributed by atoms with Gasteiger partial charge in [0, 0.05) is 11.6 Å². The molecule has 0 heterocycles. The van der Waals surface area contributed by atoms with Crippen LogP contribution in [0.4, 0.5) is 0 Å². The van der Waals surface area contributed by atoms with Crippen LogP contribution in [-0.2, 0) is 10.0 Å². The molecule has 1 aromatic rings. The van der Waals surface area contributed by atoms with E-state index in [1.165, 1.54) is 13.2 Å². The van der Waals surface area contributed by atoms with Crippen LogP contribution >= 0.6 is 0 Å². The minimum atomic E-state index is -3.59. The first kappa shape index (κ1) is 14.9. The van der Waals surface area contributed by atoms with Gasteiger partial charge in [-0.2, -0.15) is 0 Å². The van der Waals surface area contributed by atoms with Crippen LogP contribution in [0.5, 0.6) is 5.75 Å². The SMILES string of the molecule is COc1ccc(C#CCN)cc1S(=O)(=O)NC1CC1C. The number of hydrogen-bond donors (Lipinski definition) is 2. The van der Waals surface area contributed by atoms with Gasteiger partial charge in [0.15, 0.2) is 0 Å². The van der Waals surface area contributed by atoms with Crippen molar-refractivity contribution in [2.45, 2.75) is 24.3 Å². The molecule has 6 heteroatoms. The number of sulfonamides is 1. The summed E-state index contributed by atoms with van der Waals surface area (Å²) in [6.07, 6.45) is 0.869. The molecule has 0 saturated heterocycles. The smallest absolute Gasteiger partial charge is 0.244 e. The summed E-state index contributed by atoms with van der Waals surface area (Å²) in [6, 6.07) is 4.84. The Morgan fingerprint density at radius 2 is 2.20 bits per heavy atom. The summed E-state index contributed by atoms with van der Waals surface area (Å²) < 4.78 is 32.5. The van der Waals surface area contributed by atoms with Crippen molar-refractivity contribution in [2.75, 3.05) is 13.7 Å². The third kappa shape index (κ3) is 3.31. The molecule has 0 spiro atoms. The summed E-state index contributed by atoms with van der Waals surface area (Å²) in [5.74, 6) is 6.22.